The third kappa shape index (κ3) is 3.40. The molecule has 0 radical (unpaired) electrons. The number of rotatable bonds is 4. The van der Waals surface area contributed by atoms with Crippen LogP contribution in [-0.4, -0.2) is 11.1 Å². The van der Waals surface area contributed by atoms with Crippen molar-refractivity contribution in [2.75, 3.05) is 0 Å². The van der Waals surface area contributed by atoms with Gasteiger partial charge in [0, 0.05) is 11.1 Å². The Labute approximate surface area is 77.2 Å². The zero-order chi connectivity index (χ0) is 9.83. The Morgan fingerprint density at radius 1 is 1.17 bits per heavy atom. The molecule has 0 fully saturated rings. The molecule has 0 aromatic carbocycles. The van der Waals surface area contributed by atoms with Gasteiger partial charge in [0.25, 0.3) is 0 Å². The van der Waals surface area contributed by atoms with Gasteiger partial charge in [-0.3, -0.25) is 0 Å². The first-order chi connectivity index (χ1) is 5.39. The Hall–Kier alpha value is -0.300. The minimum absolute atomic E-state index is 0.123. The molecule has 0 bridgehead atoms. The van der Waals surface area contributed by atoms with Crippen molar-refractivity contribution < 1.29 is 0 Å². The van der Waals surface area contributed by atoms with E-state index < -0.39 is 0 Å². The maximum absolute atomic E-state index is 3.90. The number of hydrogen-bond donors (Lipinski definition) is 1. The second-order valence-corrected chi connectivity index (χ2v) is 4.44. The molecule has 0 amide bonds. The average molecular weight is 169 g/mol. The highest BCUT2D eigenvalue weighted by molar-refractivity contribution is 5.03. The molecule has 1 N–H and O–H groups in total. The van der Waals surface area contributed by atoms with Crippen LogP contribution in [0.1, 0.15) is 47.5 Å². The minimum Gasteiger partial charge on any atom is -0.303 e. The van der Waals surface area contributed by atoms with Crippen LogP contribution in [0.15, 0.2) is 12.7 Å². The summed E-state index contributed by atoms with van der Waals surface area (Å²) in [5.41, 5.74) is 0.290. The largest absolute Gasteiger partial charge is 0.303 e. The molecule has 0 aliphatic heterocycles. The van der Waals surface area contributed by atoms with Gasteiger partial charge in [-0.1, -0.05) is 19.9 Å². The van der Waals surface area contributed by atoms with E-state index in [-0.39, 0.29) is 11.1 Å². The van der Waals surface area contributed by atoms with E-state index in [1.54, 1.807) is 0 Å². The van der Waals surface area contributed by atoms with E-state index >= 15 is 0 Å². The molecule has 0 aliphatic carbocycles. The molecule has 12 heavy (non-hydrogen) atoms. The molecule has 0 aromatic heterocycles. The van der Waals surface area contributed by atoms with E-state index in [2.05, 4.69) is 46.5 Å². The smallest absolute Gasteiger partial charge is 0.0360 e. The topological polar surface area (TPSA) is 12.0 Å². The number of nitrogens with one attached hydrogen (secondary N) is 1. The fourth-order valence-corrected chi connectivity index (χ4v) is 1.51. The van der Waals surface area contributed by atoms with Crippen LogP contribution in [0.4, 0.5) is 0 Å². The van der Waals surface area contributed by atoms with Gasteiger partial charge in [0.15, 0.2) is 0 Å². The van der Waals surface area contributed by atoms with Crippen molar-refractivity contribution in [1.29, 1.82) is 0 Å². The van der Waals surface area contributed by atoms with Crippen molar-refractivity contribution >= 4 is 0 Å². The van der Waals surface area contributed by atoms with E-state index in [4.69, 9.17) is 0 Å². The first kappa shape index (κ1) is 11.7. The quantitative estimate of drug-likeness (QED) is 0.638. The van der Waals surface area contributed by atoms with Crippen molar-refractivity contribution in [2.24, 2.45) is 0 Å². The molecule has 0 rings (SSSR count). The molecule has 0 saturated carbocycles. The van der Waals surface area contributed by atoms with Gasteiger partial charge in [0.2, 0.25) is 0 Å². The third-order valence-electron chi connectivity index (χ3n) is 2.28. The van der Waals surface area contributed by atoms with Gasteiger partial charge in [-0.15, -0.1) is 6.58 Å². The summed E-state index contributed by atoms with van der Waals surface area (Å²) in [5.74, 6) is 0. The van der Waals surface area contributed by atoms with Gasteiger partial charge >= 0.3 is 0 Å². The van der Waals surface area contributed by atoms with Gasteiger partial charge in [-0.2, -0.15) is 0 Å². The summed E-state index contributed by atoms with van der Waals surface area (Å²) >= 11 is 0. The molecule has 72 valence electrons. The standard InChI is InChI=1S/C11H23N/c1-7-11(8-2,9-3)12-10(4,5)6/h7,12H,1,8-9H2,2-6H3. The van der Waals surface area contributed by atoms with Crippen LogP contribution in [0.3, 0.4) is 0 Å². The molecule has 0 saturated heterocycles. The van der Waals surface area contributed by atoms with E-state index in [0.29, 0.717) is 0 Å². The monoisotopic (exact) mass is 169 g/mol. The Balaban J connectivity index is 4.41. The van der Waals surface area contributed by atoms with Crippen molar-refractivity contribution in [3.63, 3.8) is 0 Å². The molecular formula is C11H23N. The average Bonchev–Trinajstić information content (AvgIpc) is 1.99. The highest BCUT2D eigenvalue weighted by atomic mass is 15.0. The third-order valence-corrected chi connectivity index (χ3v) is 2.28. The first-order valence-corrected chi connectivity index (χ1v) is 4.82. The Kier molecular flexibility index (Phi) is 3.98. The predicted molar refractivity (Wildman–Crippen MR) is 56.4 cm³/mol. The van der Waals surface area contributed by atoms with Gasteiger partial charge in [0.05, 0.1) is 0 Å². The van der Waals surface area contributed by atoms with Crippen LogP contribution in [-0.2, 0) is 0 Å². The zero-order valence-electron chi connectivity index (χ0n) is 9.20. The van der Waals surface area contributed by atoms with Gasteiger partial charge in [0.1, 0.15) is 0 Å². The first-order valence-electron chi connectivity index (χ1n) is 4.82. The van der Waals surface area contributed by atoms with Crippen LogP contribution >= 0.6 is 0 Å². The van der Waals surface area contributed by atoms with E-state index in [1.807, 2.05) is 6.08 Å². The summed E-state index contributed by atoms with van der Waals surface area (Å²) < 4.78 is 0. The fourth-order valence-electron chi connectivity index (χ4n) is 1.51. The summed E-state index contributed by atoms with van der Waals surface area (Å²) in [6.07, 6.45) is 4.24. The van der Waals surface area contributed by atoms with Crippen LogP contribution in [0.2, 0.25) is 0 Å². The predicted octanol–water partition coefficient (Wildman–Crippen LogP) is 3.12. The molecule has 0 aliphatic rings. The summed E-state index contributed by atoms with van der Waals surface area (Å²) in [6, 6.07) is 0. The molecule has 0 aromatic rings. The maximum Gasteiger partial charge on any atom is 0.0360 e. The molecule has 0 heterocycles. The molecule has 0 spiro atoms. The van der Waals surface area contributed by atoms with Crippen molar-refractivity contribution in [3.05, 3.63) is 12.7 Å². The van der Waals surface area contributed by atoms with Crippen LogP contribution < -0.4 is 5.32 Å². The molecule has 1 heteroatoms. The second-order valence-electron chi connectivity index (χ2n) is 4.44. The highest BCUT2D eigenvalue weighted by Crippen LogP contribution is 2.20. The normalized spacial score (nSPS) is 13.1. The summed E-state index contributed by atoms with van der Waals surface area (Å²) in [7, 11) is 0. The zero-order valence-corrected chi connectivity index (χ0v) is 9.20. The van der Waals surface area contributed by atoms with Crippen LogP contribution in [0, 0.1) is 0 Å². The van der Waals surface area contributed by atoms with Gasteiger partial charge < -0.3 is 5.32 Å². The van der Waals surface area contributed by atoms with E-state index in [9.17, 15) is 0 Å². The van der Waals surface area contributed by atoms with Crippen molar-refractivity contribution in [1.82, 2.24) is 5.32 Å². The molecular weight excluding hydrogens is 146 g/mol. The molecule has 0 unspecified atom stereocenters. The molecule has 1 nitrogen and oxygen atoms in total. The minimum atomic E-state index is 0.123. The summed E-state index contributed by atoms with van der Waals surface area (Å²) in [5, 5.41) is 3.60. The SMILES string of the molecule is C=CC(CC)(CC)NC(C)(C)C. The maximum atomic E-state index is 3.90. The van der Waals surface area contributed by atoms with Crippen molar-refractivity contribution in [3.8, 4) is 0 Å². The lowest BCUT2D eigenvalue weighted by atomic mass is 9.89. The van der Waals surface area contributed by atoms with E-state index in [0.717, 1.165) is 12.8 Å². The van der Waals surface area contributed by atoms with Crippen LogP contribution in [0.5, 0.6) is 0 Å². The van der Waals surface area contributed by atoms with Crippen molar-refractivity contribution in [2.45, 2.75) is 58.5 Å². The lowest BCUT2D eigenvalue weighted by molar-refractivity contribution is 0.278. The lowest BCUT2D eigenvalue weighted by Gasteiger charge is -2.37. The molecule has 0 atom stereocenters. The highest BCUT2D eigenvalue weighted by Gasteiger charge is 2.26. The number of hydrogen-bond acceptors (Lipinski definition) is 1. The summed E-state index contributed by atoms with van der Waals surface area (Å²) in [4.78, 5) is 0. The van der Waals surface area contributed by atoms with Gasteiger partial charge in [-0.05, 0) is 33.6 Å². The lowest BCUT2D eigenvalue weighted by Crippen LogP contribution is -2.52. The van der Waals surface area contributed by atoms with Gasteiger partial charge in [-0.25, -0.2) is 0 Å². The summed E-state index contributed by atoms with van der Waals surface area (Å²) in [6.45, 7) is 14.9. The second kappa shape index (κ2) is 4.08. The Morgan fingerprint density at radius 2 is 1.58 bits per heavy atom. The fraction of sp³-hybridized carbons (Fsp3) is 0.818. The van der Waals surface area contributed by atoms with Crippen LogP contribution in [0.25, 0.3) is 0 Å². The Morgan fingerprint density at radius 3 is 1.67 bits per heavy atom. The Bertz CT molecular complexity index is 138. The van der Waals surface area contributed by atoms with E-state index in [1.165, 1.54) is 0 Å².